The Balaban J connectivity index is 3.77. The van der Waals surface area contributed by atoms with Crippen molar-refractivity contribution < 1.29 is 9.84 Å². The highest BCUT2D eigenvalue weighted by atomic mass is 16.5. The van der Waals surface area contributed by atoms with Crippen molar-refractivity contribution >= 4 is 0 Å². The third kappa shape index (κ3) is 7.77. The molecule has 0 aliphatic rings. The molecule has 0 saturated carbocycles. The highest BCUT2D eigenvalue weighted by molar-refractivity contribution is 4.72. The van der Waals surface area contributed by atoms with Gasteiger partial charge in [-0.05, 0) is 39.2 Å². The second-order valence-electron chi connectivity index (χ2n) is 5.53. The number of hydrogen-bond acceptors (Lipinski definition) is 3. The minimum atomic E-state index is -0.204. The Labute approximate surface area is 94.2 Å². The van der Waals surface area contributed by atoms with E-state index in [-0.39, 0.29) is 17.6 Å². The first kappa shape index (κ1) is 14.9. The lowest BCUT2D eigenvalue weighted by Gasteiger charge is -2.29. The molecular weight excluding hydrogens is 190 g/mol. The average Bonchev–Trinajstić information content (AvgIpc) is 2.02. The van der Waals surface area contributed by atoms with Crippen molar-refractivity contribution in [3.63, 3.8) is 0 Å². The van der Waals surface area contributed by atoms with Crippen molar-refractivity contribution in [1.82, 2.24) is 5.32 Å². The van der Waals surface area contributed by atoms with Crippen molar-refractivity contribution in [1.29, 1.82) is 0 Å². The highest BCUT2D eigenvalue weighted by Crippen LogP contribution is 2.21. The standard InChI is InChI=1S/C12H27NO2/c1-11(2,10-13-5)7-9-15-12(3,4)6-8-14/h13-14H,6-10H2,1-5H3. The Morgan fingerprint density at radius 1 is 1.13 bits per heavy atom. The Hall–Kier alpha value is -0.120. The zero-order valence-electron chi connectivity index (χ0n) is 10.9. The lowest BCUT2D eigenvalue weighted by Crippen LogP contribution is -2.31. The Morgan fingerprint density at radius 2 is 1.73 bits per heavy atom. The van der Waals surface area contributed by atoms with E-state index in [1.165, 1.54) is 0 Å². The second-order valence-corrected chi connectivity index (χ2v) is 5.53. The quantitative estimate of drug-likeness (QED) is 0.651. The van der Waals surface area contributed by atoms with Crippen molar-refractivity contribution in [2.45, 2.75) is 46.1 Å². The molecule has 0 fully saturated rings. The summed E-state index contributed by atoms with van der Waals surface area (Å²) in [6.45, 7) is 10.4. The molecule has 3 nitrogen and oxygen atoms in total. The largest absolute Gasteiger partial charge is 0.396 e. The summed E-state index contributed by atoms with van der Waals surface area (Å²) in [4.78, 5) is 0. The smallest absolute Gasteiger partial charge is 0.0648 e. The summed E-state index contributed by atoms with van der Waals surface area (Å²) in [6, 6.07) is 0. The second kappa shape index (κ2) is 6.46. The Morgan fingerprint density at radius 3 is 2.20 bits per heavy atom. The minimum absolute atomic E-state index is 0.187. The van der Waals surface area contributed by atoms with Crippen molar-refractivity contribution in [2.75, 3.05) is 26.8 Å². The van der Waals surface area contributed by atoms with Crippen LogP contribution in [0.3, 0.4) is 0 Å². The molecule has 0 unspecified atom stereocenters. The monoisotopic (exact) mass is 217 g/mol. The Bertz CT molecular complexity index is 149. The van der Waals surface area contributed by atoms with Gasteiger partial charge in [-0.15, -0.1) is 0 Å². The fraction of sp³-hybridized carbons (Fsp3) is 1.00. The van der Waals surface area contributed by atoms with Gasteiger partial charge in [0, 0.05) is 19.8 Å². The number of nitrogens with one attached hydrogen (secondary N) is 1. The van der Waals surface area contributed by atoms with Crippen LogP contribution in [0, 0.1) is 5.41 Å². The summed E-state index contributed by atoms with van der Waals surface area (Å²) in [5.74, 6) is 0. The van der Waals surface area contributed by atoms with Crippen LogP contribution < -0.4 is 5.32 Å². The number of aliphatic hydroxyl groups is 1. The summed E-state index contributed by atoms with van der Waals surface area (Å²) in [7, 11) is 1.97. The predicted molar refractivity (Wildman–Crippen MR) is 64.1 cm³/mol. The van der Waals surface area contributed by atoms with Crippen LogP contribution in [0.1, 0.15) is 40.5 Å². The third-order valence-electron chi connectivity index (χ3n) is 2.64. The summed E-state index contributed by atoms with van der Waals surface area (Å²) >= 11 is 0. The molecule has 2 N–H and O–H groups in total. The van der Waals surface area contributed by atoms with Gasteiger partial charge in [0.1, 0.15) is 0 Å². The van der Waals surface area contributed by atoms with E-state index in [0.29, 0.717) is 6.42 Å². The lowest BCUT2D eigenvalue weighted by atomic mass is 9.90. The molecule has 0 rings (SSSR count). The third-order valence-corrected chi connectivity index (χ3v) is 2.64. The molecule has 0 aromatic carbocycles. The molecule has 0 spiro atoms. The molecule has 0 aromatic heterocycles. The van der Waals surface area contributed by atoms with E-state index in [9.17, 15) is 0 Å². The van der Waals surface area contributed by atoms with Crippen LogP contribution in [0.4, 0.5) is 0 Å². The molecule has 15 heavy (non-hydrogen) atoms. The molecule has 0 aromatic rings. The predicted octanol–water partition coefficient (Wildman–Crippen LogP) is 1.80. The van der Waals surface area contributed by atoms with Gasteiger partial charge in [0.2, 0.25) is 0 Å². The maximum Gasteiger partial charge on any atom is 0.0648 e. The molecule has 0 heterocycles. The minimum Gasteiger partial charge on any atom is -0.396 e. The zero-order valence-corrected chi connectivity index (χ0v) is 10.9. The maximum absolute atomic E-state index is 8.86. The molecule has 0 bridgehead atoms. The van der Waals surface area contributed by atoms with E-state index in [2.05, 4.69) is 19.2 Å². The van der Waals surface area contributed by atoms with Gasteiger partial charge < -0.3 is 15.2 Å². The summed E-state index contributed by atoms with van der Waals surface area (Å²) in [5, 5.41) is 12.0. The molecule has 3 heteroatoms. The Kier molecular flexibility index (Phi) is 6.41. The van der Waals surface area contributed by atoms with E-state index in [4.69, 9.17) is 9.84 Å². The topological polar surface area (TPSA) is 41.5 Å². The molecular formula is C12H27NO2. The van der Waals surface area contributed by atoms with Gasteiger partial charge in [0.05, 0.1) is 5.60 Å². The van der Waals surface area contributed by atoms with Crippen molar-refractivity contribution in [3.8, 4) is 0 Å². The van der Waals surface area contributed by atoms with Crippen LogP contribution in [0.15, 0.2) is 0 Å². The fourth-order valence-electron chi connectivity index (χ4n) is 1.51. The lowest BCUT2D eigenvalue weighted by molar-refractivity contribution is -0.0421. The van der Waals surface area contributed by atoms with Gasteiger partial charge in [-0.2, -0.15) is 0 Å². The van der Waals surface area contributed by atoms with Gasteiger partial charge in [-0.1, -0.05) is 13.8 Å². The van der Waals surface area contributed by atoms with E-state index >= 15 is 0 Å². The summed E-state index contributed by atoms with van der Waals surface area (Å²) in [5.41, 5.74) is 0.0640. The van der Waals surface area contributed by atoms with E-state index in [1.807, 2.05) is 20.9 Å². The van der Waals surface area contributed by atoms with Crippen LogP contribution >= 0.6 is 0 Å². The van der Waals surface area contributed by atoms with Gasteiger partial charge >= 0.3 is 0 Å². The fourth-order valence-corrected chi connectivity index (χ4v) is 1.51. The molecule has 0 aliphatic heterocycles. The van der Waals surface area contributed by atoms with Gasteiger partial charge in [0.25, 0.3) is 0 Å². The van der Waals surface area contributed by atoms with Gasteiger partial charge in [0.15, 0.2) is 0 Å². The molecule has 0 atom stereocenters. The molecule has 0 saturated heterocycles. The van der Waals surface area contributed by atoms with Crippen LogP contribution in [-0.2, 0) is 4.74 Å². The van der Waals surface area contributed by atoms with Crippen LogP contribution in [0.2, 0.25) is 0 Å². The van der Waals surface area contributed by atoms with E-state index in [1.54, 1.807) is 0 Å². The first-order chi connectivity index (χ1) is 6.83. The van der Waals surface area contributed by atoms with E-state index < -0.39 is 0 Å². The van der Waals surface area contributed by atoms with Gasteiger partial charge in [-0.3, -0.25) is 0 Å². The first-order valence-electron chi connectivity index (χ1n) is 5.72. The van der Waals surface area contributed by atoms with Crippen molar-refractivity contribution in [2.24, 2.45) is 5.41 Å². The zero-order chi connectivity index (χ0) is 11.9. The van der Waals surface area contributed by atoms with Crippen molar-refractivity contribution in [3.05, 3.63) is 0 Å². The number of aliphatic hydroxyl groups excluding tert-OH is 1. The highest BCUT2D eigenvalue weighted by Gasteiger charge is 2.21. The summed E-state index contributed by atoms with van der Waals surface area (Å²) in [6.07, 6.45) is 1.72. The van der Waals surface area contributed by atoms with Crippen LogP contribution in [0.25, 0.3) is 0 Å². The molecule has 0 amide bonds. The molecule has 0 aliphatic carbocycles. The summed E-state index contributed by atoms with van der Waals surface area (Å²) < 4.78 is 5.76. The molecule has 0 radical (unpaired) electrons. The number of rotatable bonds is 8. The SMILES string of the molecule is CNCC(C)(C)CCOC(C)(C)CCO. The van der Waals surface area contributed by atoms with Crippen LogP contribution in [-0.4, -0.2) is 37.5 Å². The average molecular weight is 217 g/mol. The van der Waals surface area contributed by atoms with Gasteiger partial charge in [-0.25, -0.2) is 0 Å². The van der Waals surface area contributed by atoms with E-state index in [0.717, 1.165) is 19.6 Å². The molecule has 92 valence electrons. The normalized spacial score (nSPS) is 13.2. The number of hydrogen-bond donors (Lipinski definition) is 2. The van der Waals surface area contributed by atoms with Crippen LogP contribution in [0.5, 0.6) is 0 Å². The first-order valence-corrected chi connectivity index (χ1v) is 5.72. The number of ether oxygens (including phenoxy) is 1. The maximum atomic E-state index is 8.86.